The summed E-state index contributed by atoms with van der Waals surface area (Å²) in [5, 5.41) is 11.6. The standard InChI is InChI=1S/C11H17N3S/c1-7(2)13-10-6-9(11(12)15-4)5-8(3)14-10/h5-7,12H,1-4H3,(H,13,14). The van der Waals surface area contributed by atoms with Crippen LogP contribution < -0.4 is 5.32 Å². The first-order valence-electron chi connectivity index (χ1n) is 4.91. The van der Waals surface area contributed by atoms with Gasteiger partial charge in [-0.1, -0.05) is 0 Å². The number of nitrogens with one attached hydrogen (secondary N) is 2. The van der Waals surface area contributed by atoms with E-state index in [9.17, 15) is 0 Å². The molecule has 1 rings (SSSR count). The Morgan fingerprint density at radius 2 is 2.13 bits per heavy atom. The molecule has 0 saturated heterocycles. The number of nitrogens with zero attached hydrogens (tertiary/aromatic N) is 1. The summed E-state index contributed by atoms with van der Waals surface area (Å²) < 4.78 is 0. The number of hydrogen-bond donors (Lipinski definition) is 2. The summed E-state index contributed by atoms with van der Waals surface area (Å²) in [5.41, 5.74) is 1.87. The lowest BCUT2D eigenvalue weighted by Gasteiger charge is -2.11. The van der Waals surface area contributed by atoms with E-state index in [-0.39, 0.29) is 0 Å². The molecule has 0 bridgehead atoms. The second kappa shape index (κ2) is 5.16. The molecular formula is C11H17N3S. The van der Waals surface area contributed by atoms with Gasteiger partial charge in [0.25, 0.3) is 0 Å². The number of aryl methyl sites for hydroxylation is 1. The zero-order valence-corrected chi connectivity index (χ0v) is 10.4. The highest BCUT2D eigenvalue weighted by atomic mass is 32.2. The molecule has 0 radical (unpaired) electrons. The van der Waals surface area contributed by atoms with Crippen molar-refractivity contribution in [3.05, 3.63) is 23.4 Å². The van der Waals surface area contributed by atoms with E-state index in [0.717, 1.165) is 17.1 Å². The molecule has 82 valence electrons. The van der Waals surface area contributed by atoms with E-state index in [0.29, 0.717) is 11.1 Å². The van der Waals surface area contributed by atoms with Gasteiger partial charge in [-0.05, 0) is 39.2 Å². The van der Waals surface area contributed by atoms with Gasteiger partial charge in [-0.2, -0.15) is 0 Å². The molecular weight excluding hydrogens is 206 g/mol. The number of hydrogen-bond acceptors (Lipinski definition) is 4. The van der Waals surface area contributed by atoms with Gasteiger partial charge < -0.3 is 5.32 Å². The SMILES string of the molecule is CSC(=N)c1cc(C)nc(NC(C)C)c1. The van der Waals surface area contributed by atoms with Gasteiger partial charge >= 0.3 is 0 Å². The Bertz CT molecular complexity index is 361. The van der Waals surface area contributed by atoms with Crippen molar-refractivity contribution >= 4 is 22.6 Å². The number of thioether (sulfide) groups is 1. The van der Waals surface area contributed by atoms with Crippen LogP contribution >= 0.6 is 11.8 Å². The van der Waals surface area contributed by atoms with Crippen LogP contribution in [0.1, 0.15) is 25.1 Å². The first-order valence-corrected chi connectivity index (χ1v) is 6.13. The Kier molecular flexibility index (Phi) is 4.15. The van der Waals surface area contributed by atoms with Gasteiger partial charge in [0.1, 0.15) is 5.82 Å². The fourth-order valence-electron chi connectivity index (χ4n) is 1.29. The van der Waals surface area contributed by atoms with Crippen LogP contribution in [0.15, 0.2) is 12.1 Å². The Morgan fingerprint density at radius 3 is 2.67 bits per heavy atom. The van der Waals surface area contributed by atoms with Crippen molar-refractivity contribution in [2.75, 3.05) is 11.6 Å². The Balaban J connectivity index is 2.99. The van der Waals surface area contributed by atoms with Crippen LogP contribution in [0.2, 0.25) is 0 Å². The van der Waals surface area contributed by atoms with E-state index in [2.05, 4.69) is 24.1 Å². The number of aromatic nitrogens is 1. The predicted molar refractivity (Wildman–Crippen MR) is 68.1 cm³/mol. The van der Waals surface area contributed by atoms with Crippen molar-refractivity contribution in [3.8, 4) is 0 Å². The molecule has 0 aliphatic heterocycles. The third-order valence-electron chi connectivity index (χ3n) is 1.86. The molecule has 0 amide bonds. The van der Waals surface area contributed by atoms with Crippen LogP contribution in [0.25, 0.3) is 0 Å². The van der Waals surface area contributed by atoms with Crippen molar-refractivity contribution in [2.24, 2.45) is 0 Å². The van der Waals surface area contributed by atoms with Crippen LogP contribution in [-0.2, 0) is 0 Å². The first kappa shape index (κ1) is 12.0. The number of rotatable bonds is 3. The van der Waals surface area contributed by atoms with Gasteiger partial charge in [-0.15, -0.1) is 11.8 Å². The minimum absolute atomic E-state index is 0.357. The highest BCUT2D eigenvalue weighted by Crippen LogP contribution is 2.15. The molecule has 0 spiro atoms. The third kappa shape index (κ3) is 3.55. The third-order valence-corrected chi connectivity index (χ3v) is 2.50. The second-order valence-electron chi connectivity index (χ2n) is 3.71. The number of pyridine rings is 1. The molecule has 0 aliphatic carbocycles. The average molecular weight is 223 g/mol. The molecule has 0 atom stereocenters. The van der Waals surface area contributed by atoms with Crippen LogP contribution in [0, 0.1) is 12.3 Å². The lowest BCUT2D eigenvalue weighted by atomic mass is 10.2. The molecule has 1 heterocycles. The molecule has 0 aliphatic rings. The van der Waals surface area contributed by atoms with Crippen molar-refractivity contribution in [3.63, 3.8) is 0 Å². The van der Waals surface area contributed by atoms with Crippen LogP contribution in [0.4, 0.5) is 5.82 Å². The Hall–Kier alpha value is -1.03. The van der Waals surface area contributed by atoms with Crippen molar-refractivity contribution in [1.82, 2.24) is 4.98 Å². The second-order valence-corrected chi connectivity index (χ2v) is 4.53. The van der Waals surface area contributed by atoms with Gasteiger partial charge in [-0.3, -0.25) is 5.41 Å². The van der Waals surface area contributed by atoms with E-state index < -0.39 is 0 Å². The normalized spacial score (nSPS) is 10.5. The first-order chi connectivity index (χ1) is 7.02. The topological polar surface area (TPSA) is 48.8 Å². The van der Waals surface area contributed by atoms with E-state index in [4.69, 9.17) is 5.41 Å². The van der Waals surface area contributed by atoms with Gasteiger partial charge in [0, 0.05) is 17.3 Å². The van der Waals surface area contributed by atoms with Gasteiger partial charge in [0.2, 0.25) is 0 Å². The van der Waals surface area contributed by atoms with Crippen LogP contribution in [0.5, 0.6) is 0 Å². The quantitative estimate of drug-likeness (QED) is 0.612. The minimum atomic E-state index is 0.357. The summed E-state index contributed by atoms with van der Waals surface area (Å²) in [6, 6.07) is 4.21. The maximum atomic E-state index is 7.76. The molecule has 4 heteroatoms. The fourth-order valence-corrected chi connectivity index (χ4v) is 1.64. The molecule has 1 aromatic rings. The zero-order valence-electron chi connectivity index (χ0n) is 9.59. The zero-order chi connectivity index (χ0) is 11.4. The molecule has 15 heavy (non-hydrogen) atoms. The van der Waals surface area contributed by atoms with E-state index in [1.54, 1.807) is 0 Å². The smallest absolute Gasteiger partial charge is 0.127 e. The predicted octanol–water partition coefficient (Wildman–Crippen LogP) is 2.90. The molecule has 0 unspecified atom stereocenters. The van der Waals surface area contributed by atoms with E-state index >= 15 is 0 Å². The highest BCUT2D eigenvalue weighted by molar-refractivity contribution is 8.13. The fraction of sp³-hybridized carbons (Fsp3) is 0.455. The summed E-state index contributed by atoms with van der Waals surface area (Å²) in [6.45, 7) is 6.09. The van der Waals surface area contributed by atoms with Gasteiger partial charge in [0.15, 0.2) is 0 Å². The van der Waals surface area contributed by atoms with Crippen molar-refractivity contribution in [2.45, 2.75) is 26.8 Å². The van der Waals surface area contributed by atoms with E-state index in [1.165, 1.54) is 11.8 Å². The molecule has 0 aromatic carbocycles. The number of anilines is 1. The van der Waals surface area contributed by atoms with Gasteiger partial charge in [0.05, 0.1) is 5.04 Å². The molecule has 0 fully saturated rings. The van der Waals surface area contributed by atoms with Gasteiger partial charge in [-0.25, -0.2) is 4.98 Å². The molecule has 3 nitrogen and oxygen atoms in total. The largest absolute Gasteiger partial charge is 0.368 e. The minimum Gasteiger partial charge on any atom is -0.368 e. The Labute approximate surface area is 95.2 Å². The van der Waals surface area contributed by atoms with Crippen molar-refractivity contribution < 1.29 is 0 Å². The molecule has 2 N–H and O–H groups in total. The maximum Gasteiger partial charge on any atom is 0.127 e. The molecule has 1 aromatic heterocycles. The maximum absolute atomic E-state index is 7.76. The summed E-state index contributed by atoms with van der Waals surface area (Å²) in [6.07, 6.45) is 1.91. The van der Waals surface area contributed by atoms with Crippen LogP contribution in [-0.4, -0.2) is 22.3 Å². The highest BCUT2D eigenvalue weighted by Gasteiger charge is 2.05. The summed E-state index contributed by atoms with van der Waals surface area (Å²) in [4.78, 5) is 4.37. The van der Waals surface area contributed by atoms with E-state index in [1.807, 2.05) is 25.3 Å². The van der Waals surface area contributed by atoms with Crippen LogP contribution in [0.3, 0.4) is 0 Å². The average Bonchev–Trinajstić information content (AvgIpc) is 2.14. The van der Waals surface area contributed by atoms with Crippen molar-refractivity contribution in [1.29, 1.82) is 5.41 Å². The monoisotopic (exact) mass is 223 g/mol. The summed E-state index contributed by atoms with van der Waals surface area (Å²) in [5.74, 6) is 0.846. The molecule has 0 saturated carbocycles. The Morgan fingerprint density at radius 1 is 1.47 bits per heavy atom. The lowest BCUT2D eigenvalue weighted by molar-refractivity contribution is 0.886. The lowest BCUT2D eigenvalue weighted by Crippen LogP contribution is -2.12. The summed E-state index contributed by atoms with van der Waals surface area (Å²) in [7, 11) is 0. The summed E-state index contributed by atoms with van der Waals surface area (Å²) >= 11 is 1.44.